The van der Waals surface area contributed by atoms with E-state index in [-0.39, 0.29) is 0 Å². The largest absolute Gasteiger partial charge is 0.309 e. The Balaban J connectivity index is 2.30. The number of pyridine rings is 1. The van der Waals surface area contributed by atoms with Gasteiger partial charge in [-0.05, 0) is 53.4 Å². The number of nitrogens with zero attached hydrogens (tertiary/aromatic N) is 1. The van der Waals surface area contributed by atoms with Gasteiger partial charge in [0.25, 0.3) is 0 Å². The Morgan fingerprint density at radius 2 is 2.33 bits per heavy atom. The van der Waals surface area contributed by atoms with E-state index in [9.17, 15) is 0 Å². The molecule has 0 aliphatic heterocycles. The molecule has 0 aromatic carbocycles. The average Bonchev–Trinajstić information content (AvgIpc) is 2.23. The lowest BCUT2D eigenvalue weighted by atomic mass is 10.2. The van der Waals surface area contributed by atoms with Gasteiger partial charge in [-0.3, -0.25) is 0 Å². The second-order valence-electron chi connectivity index (χ2n) is 3.52. The van der Waals surface area contributed by atoms with Gasteiger partial charge in [0, 0.05) is 12.6 Å². The van der Waals surface area contributed by atoms with E-state index >= 15 is 0 Å². The van der Waals surface area contributed by atoms with Crippen molar-refractivity contribution in [2.24, 2.45) is 0 Å². The lowest BCUT2D eigenvalue weighted by molar-refractivity contribution is 0.532. The summed E-state index contributed by atoms with van der Waals surface area (Å²) in [7, 11) is 0. The lowest BCUT2D eigenvalue weighted by Crippen LogP contribution is -2.26. The molecule has 1 N–H and O–H groups in total. The van der Waals surface area contributed by atoms with Crippen LogP contribution in [0.1, 0.15) is 19.0 Å². The maximum atomic E-state index is 4.37. The number of hydrogen-bond donors (Lipinski definition) is 1. The van der Waals surface area contributed by atoms with Gasteiger partial charge >= 0.3 is 0 Å². The number of nitrogens with one attached hydrogen (secondary N) is 1. The molecule has 0 spiro atoms. The molecule has 0 bridgehead atoms. The van der Waals surface area contributed by atoms with Gasteiger partial charge in [-0.2, -0.15) is 11.8 Å². The van der Waals surface area contributed by atoms with Gasteiger partial charge in [0.2, 0.25) is 0 Å². The van der Waals surface area contributed by atoms with E-state index in [1.165, 1.54) is 12.2 Å². The first-order valence-electron chi connectivity index (χ1n) is 5.06. The van der Waals surface area contributed by atoms with Crippen LogP contribution < -0.4 is 5.32 Å². The van der Waals surface area contributed by atoms with E-state index in [0.717, 1.165) is 16.8 Å². The normalized spacial score (nSPS) is 12.7. The average molecular weight is 289 g/mol. The Hall–Kier alpha value is -0.0600. The first-order valence-corrected chi connectivity index (χ1v) is 7.25. The van der Waals surface area contributed by atoms with Crippen molar-refractivity contribution in [1.29, 1.82) is 0 Å². The lowest BCUT2D eigenvalue weighted by Gasteiger charge is -2.12. The van der Waals surface area contributed by atoms with Crippen LogP contribution in [0.25, 0.3) is 0 Å². The quantitative estimate of drug-likeness (QED) is 0.815. The fraction of sp³-hybridized carbons (Fsp3) is 0.545. The molecule has 84 valence electrons. The molecular formula is C11H17BrN2S. The smallest absolute Gasteiger partial charge is 0.106 e. The van der Waals surface area contributed by atoms with Gasteiger partial charge in [-0.25, -0.2) is 4.98 Å². The predicted molar refractivity (Wildman–Crippen MR) is 71.2 cm³/mol. The van der Waals surface area contributed by atoms with Crippen molar-refractivity contribution in [2.75, 3.05) is 12.0 Å². The molecule has 4 heteroatoms. The Morgan fingerprint density at radius 1 is 1.53 bits per heavy atom. The van der Waals surface area contributed by atoms with Crippen LogP contribution in [-0.2, 0) is 6.54 Å². The minimum atomic E-state index is 0.554. The molecule has 1 rings (SSSR count). The third-order valence-corrected chi connectivity index (χ3v) is 3.25. The van der Waals surface area contributed by atoms with E-state index in [1.54, 1.807) is 0 Å². The highest BCUT2D eigenvalue weighted by atomic mass is 79.9. The molecule has 0 saturated heterocycles. The third-order valence-electron chi connectivity index (χ3n) is 2.16. The molecule has 0 aliphatic carbocycles. The molecule has 0 amide bonds. The highest BCUT2D eigenvalue weighted by Crippen LogP contribution is 2.06. The van der Waals surface area contributed by atoms with Crippen LogP contribution in [0.5, 0.6) is 0 Å². The van der Waals surface area contributed by atoms with E-state index < -0.39 is 0 Å². The summed E-state index contributed by atoms with van der Waals surface area (Å²) in [6.45, 7) is 3.06. The summed E-state index contributed by atoms with van der Waals surface area (Å²) in [4.78, 5) is 4.37. The second-order valence-corrected chi connectivity index (χ2v) is 5.31. The molecule has 0 fully saturated rings. The molecule has 1 aromatic rings. The van der Waals surface area contributed by atoms with Gasteiger partial charge in [0.15, 0.2) is 0 Å². The monoisotopic (exact) mass is 288 g/mol. The minimum Gasteiger partial charge on any atom is -0.309 e. The zero-order valence-electron chi connectivity index (χ0n) is 9.16. The van der Waals surface area contributed by atoms with Crippen LogP contribution >= 0.6 is 27.7 Å². The first kappa shape index (κ1) is 13.0. The number of hydrogen-bond acceptors (Lipinski definition) is 3. The van der Waals surface area contributed by atoms with Crippen LogP contribution in [0, 0.1) is 0 Å². The number of thioether (sulfide) groups is 1. The van der Waals surface area contributed by atoms with Gasteiger partial charge in [-0.1, -0.05) is 6.07 Å². The summed E-state index contributed by atoms with van der Waals surface area (Å²) in [5, 5.41) is 3.46. The molecule has 1 heterocycles. The summed E-state index contributed by atoms with van der Waals surface area (Å²) in [6.07, 6.45) is 3.34. The van der Waals surface area contributed by atoms with Gasteiger partial charge < -0.3 is 5.32 Å². The molecule has 0 aliphatic rings. The summed E-state index contributed by atoms with van der Waals surface area (Å²) < 4.78 is 0.901. The maximum absolute atomic E-state index is 4.37. The summed E-state index contributed by atoms with van der Waals surface area (Å²) in [6, 6.07) is 6.55. The SMILES string of the molecule is CSCCC(C)NCc1cccc(Br)n1. The Kier molecular flexibility index (Phi) is 6.29. The fourth-order valence-electron chi connectivity index (χ4n) is 1.22. The van der Waals surface area contributed by atoms with Gasteiger partial charge in [0.05, 0.1) is 5.69 Å². The van der Waals surface area contributed by atoms with Crippen LogP contribution in [-0.4, -0.2) is 23.0 Å². The van der Waals surface area contributed by atoms with Gasteiger partial charge in [0.1, 0.15) is 4.60 Å². The van der Waals surface area contributed by atoms with Crippen molar-refractivity contribution in [3.05, 3.63) is 28.5 Å². The Bertz CT molecular complexity index is 294. The van der Waals surface area contributed by atoms with Gasteiger partial charge in [-0.15, -0.1) is 0 Å². The van der Waals surface area contributed by atoms with E-state index in [2.05, 4.69) is 39.4 Å². The molecule has 1 unspecified atom stereocenters. The van der Waals surface area contributed by atoms with E-state index in [0.29, 0.717) is 6.04 Å². The topological polar surface area (TPSA) is 24.9 Å². The molecular weight excluding hydrogens is 272 g/mol. The van der Waals surface area contributed by atoms with Crippen LogP contribution in [0.4, 0.5) is 0 Å². The van der Waals surface area contributed by atoms with Crippen molar-refractivity contribution in [1.82, 2.24) is 10.3 Å². The Morgan fingerprint density at radius 3 is 3.00 bits per heavy atom. The molecule has 0 saturated carbocycles. The summed E-state index contributed by atoms with van der Waals surface area (Å²) in [5.74, 6) is 1.21. The number of halogens is 1. The van der Waals surface area contributed by atoms with E-state index in [1.807, 2.05) is 30.0 Å². The van der Waals surface area contributed by atoms with Crippen molar-refractivity contribution in [3.63, 3.8) is 0 Å². The van der Waals surface area contributed by atoms with Crippen molar-refractivity contribution in [2.45, 2.75) is 25.9 Å². The molecule has 0 radical (unpaired) electrons. The third kappa shape index (κ3) is 5.54. The highest BCUT2D eigenvalue weighted by Gasteiger charge is 2.01. The van der Waals surface area contributed by atoms with Crippen molar-refractivity contribution >= 4 is 27.7 Å². The minimum absolute atomic E-state index is 0.554. The Labute approximate surface area is 104 Å². The molecule has 2 nitrogen and oxygen atoms in total. The van der Waals surface area contributed by atoms with Crippen molar-refractivity contribution in [3.8, 4) is 0 Å². The van der Waals surface area contributed by atoms with Crippen LogP contribution in [0.2, 0.25) is 0 Å². The summed E-state index contributed by atoms with van der Waals surface area (Å²) >= 11 is 5.26. The zero-order chi connectivity index (χ0) is 11.1. The van der Waals surface area contributed by atoms with E-state index in [4.69, 9.17) is 0 Å². The number of aromatic nitrogens is 1. The molecule has 1 atom stereocenters. The zero-order valence-corrected chi connectivity index (χ0v) is 11.6. The first-order chi connectivity index (χ1) is 7.22. The number of rotatable bonds is 6. The maximum Gasteiger partial charge on any atom is 0.106 e. The second kappa shape index (κ2) is 7.25. The van der Waals surface area contributed by atoms with Crippen molar-refractivity contribution < 1.29 is 0 Å². The highest BCUT2D eigenvalue weighted by molar-refractivity contribution is 9.10. The van der Waals surface area contributed by atoms with Crippen LogP contribution in [0.15, 0.2) is 22.8 Å². The molecule has 15 heavy (non-hydrogen) atoms. The fourth-order valence-corrected chi connectivity index (χ4v) is 2.19. The predicted octanol–water partition coefficient (Wildman–Crippen LogP) is 3.08. The summed E-state index contributed by atoms with van der Waals surface area (Å²) in [5.41, 5.74) is 1.08. The molecule has 1 aromatic heterocycles. The standard InChI is InChI=1S/C11H17BrN2S/c1-9(6-7-15-2)13-8-10-4-3-5-11(12)14-10/h3-5,9,13H,6-8H2,1-2H3. The van der Waals surface area contributed by atoms with Crippen LogP contribution in [0.3, 0.4) is 0 Å².